The predicted molar refractivity (Wildman–Crippen MR) is 166 cm³/mol. The highest BCUT2D eigenvalue weighted by atomic mass is 19.2. The third-order valence-corrected chi connectivity index (χ3v) is 7.47. The topological polar surface area (TPSA) is 73.7 Å². The number of benzene rings is 4. The molecule has 1 unspecified atom stereocenters. The van der Waals surface area contributed by atoms with Crippen molar-refractivity contribution in [2.45, 2.75) is 26.3 Å². The van der Waals surface area contributed by atoms with Crippen molar-refractivity contribution in [3.63, 3.8) is 0 Å². The molecule has 0 saturated carbocycles. The minimum Gasteiger partial charge on any atom is -0.494 e. The van der Waals surface area contributed by atoms with Gasteiger partial charge in [0.15, 0.2) is 11.6 Å². The van der Waals surface area contributed by atoms with Gasteiger partial charge in [0.25, 0.3) is 5.56 Å². The summed E-state index contributed by atoms with van der Waals surface area (Å²) in [6.45, 7) is 4.82. The van der Waals surface area contributed by atoms with Gasteiger partial charge in [-0.15, -0.1) is 0 Å². The average molecular weight is 598 g/mol. The van der Waals surface area contributed by atoms with Crippen LogP contribution in [-0.4, -0.2) is 47.2 Å². The van der Waals surface area contributed by atoms with Crippen LogP contribution in [0.2, 0.25) is 0 Å². The average Bonchev–Trinajstić information content (AvgIpc) is 3.03. The molecule has 44 heavy (non-hydrogen) atoms. The summed E-state index contributed by atoms with van der Waals surface area (Å²) < 4.78 is 39.6. The molecule has 5 rings (SSSR count). The summed E-state index contributed by atoms with van der Waals surface area (Å²) in [5.41, 5.74) is 2.87. The number of hydrogen-bond donors (Lipinski definition) is 0. The summed E-state index contributed by atoms with van der Waals surface area (Å²) in [4.78, 5) is 34.2. The minimum absolute atomic E-state index is 0.0764. The largest absolute Gasteiger partial charge is 0.494 e. The van der Waals surface area contributed by atoms with Gasteiger partial charge in [-0.1, -0.05) is 42.5 Å². The van der Waals surface area contributed by atoms with Crippen LogP contribution in [0.3, 0.4) is 0 Å². The number of nitrogens with zero attached hydrogens (tertiary/aromatic N) is 3. The Labute approximate surface area is 254 Å². The summed E-state index contributed by atoms with van der Waals surface area (Å²) in [5, 5.41) is 0.466. The summed E-state index contributed by atoms with van der Waals surface area (Å²) in [6.07, 6.45) is 0.0764. The maximum absolute atomic E-state index is 13.9. The van der Waals surface area contributed by atoms with Gasteiger partial charge in [-0.25, -0.2) is 13.8 Å². The summed E-state index contributed by atoms with van der Waals surface area (Å²) in [7, 11) is 1.56. The van der Waals surface area contributed by atoms with Crippen molar-refractivity contribution in [1.29, 1.82) is 0 Å². The molecule has 0 aliphatic rings. The number of para-hydroxylation sites is 1. The molecule has 1 heterocycles. The molecule has 0 saturated heterocycles. The van der Waals surface area contributed by atoms with Gasteiger partial charge in [-0.3, -0.25) is 14.2 Å². The first kappa shape index (κ1) is 30.6. The van der Waals surface area contributed by atoms with Crippen LogP contribution >= 0.6 is 0 Å². The van der Waals surface area contributed by atoms with E-state index in [1.54, 1.807) is 83.3 Å². The molecule has 4 aromatic carbocycles. The Bertz CT molecular complexity index is 1820. The molecule has 0 N–H and O–H groups in total. The Balaban J connectivity index is 1.49. The number of aromatic nitrogens is 2. The lowest BCUT2D eigenvalue weighted by Gasteiger charge is -2.30. The summed E-state index contributed by atoms with van der Waals surface area (Å²) in [6, 6.07) is 24.6. The molecule has 5 aromatic rings. The second-order valence-corrected chi connectivity index (χ2v) is 10.3. The van der Waals surface area contributed by atoms with Gasteiger partial charge < -0.3 is 14.4 Å². The lowest BCUT2D eigenvalue weighted by Crippen LogP contribution is -2.40. The van der Waals surface area contributed by atoms with Gasteiger partial charge >= 0.3 is 0 Å². The number of rotatable bonds is 11. The number of fused-ring (bicyclic) bond motifs is 1. The van der Waals surface area contributed by atoms with Crippen molar-refractivity contribution in [3.8, 4) is 22.6 Å². The molecule has 0 fully saturated rings. The molecule has 0 aliphatic carbocycles. The number of halogens is 2. The molecule has 9 heteroatoms. The number of ether oxygens (including phenoxy) is 2. The van der Waals surface area contributed by atoms with E-state index in [0.29, 0.717) is 45.9 Å². The maximum Gasteiger partial charge on any atom is 0.266 e. The first-order chi connectivity index (χ1) is 21.3. The van der Waals surface area contributed by atoms with Crippen LogP contribution in [0.1, 0.15) is 31.3 Å². The normalized spacial score (nSPS) is 11.8. The molecule has 1 atom stereocenters. The van der Waals surface area contributed by atoms with Crippen molar-refractivity contribution >= 4 is 16.8 Å². The van der Waals surface area contributed by atoms with Gasteiger partial charge in [0.05, 0.1) is 42.3 Å². The van der Waals surface area contributed by atoms with Gasteiger partial charge in [-0.05, 0) is 79.1 Å². The van der Waals surface area contributed by atoms with E-state index in [9.17, 15) is 18.4 Å². The Morgan fingerprint density at radius 3 is 2.32 bits per heavy atom. The van der Waals surface area contributed by atoms with Crippen molar-refractivity contribution < 1.29 is 23.0 Å². The number of carbonyl (C=O) groups is 1. The predicted octanol–water partition coefficient (Wildman–Crippen LogP) is 6.51. The Morgan fingerprint density at radius 1 is 0.932 bits per heavy atom. The lowest BCUT2D eigenvalue weighted by molar-refractivity contribution is -0.133. The fourth-order valence-corrected chi connectivity index (χ4v) is 5.17. The first-order valence-electron chi connectivity index (χ1n) is 14.4. The Kier molecular flexibility index (Phi) is 9.45. The van der Waals surface area contributed by atoms with E-state index in [0.717, 1.165) is 17.7 Å². The standard InChI is InChI=1S/C35H33F2N3O4/c1-4-44-28-16-14-27(15-17-28)40-34(38-32-8-6-5-7-29(32)35(40)42)23(2)39(19-20-43-3)33(41)21-24-9-11-25(12-10-24)26-13-18-30(36)31(37)22-26/h5-18,22-23H,4,19-21H2,1-3H3. The smallest absolute Gasteiger partial charge is 0.266 e. The SMILES string of the molecule is CCOc1ccc(-n2c(C(C)N(CCOC)C(=O)Cc3ccc(-c4ccc(F)c(F)c4)cc3)nc3ccccc3c2=O)cc1. The Morgan fingerprint density at radius 2 is 1.64 bits per heavy atom. The first-order valence-corrected chi connectivity index (χ1v) is 14.4. The number of amides is 1. The van der Waals surface area contributed by atoms with Crippen molar-refractivity contribution in [1.82, 2.24) is 14.5 Å². The van der Waals surface area contributed by atoms with Crippen LogP contribution in [-0.2, 0) is 16.0 Å². The maximum atomic E-state index is 13.9. The van der Waals surface area contributed by atoms with Crippen LogP contribution in [0.25, 0.3) is 27.7 Å². The van der Waals surface area contributed by atoms with Crippen LogP contribution in [0, 0.1) is 11.6 Å². The number of hydrogen-bond acceptors (Lipinski definition) is 5. The van der Waals surface area contributed by atoms with E-state index in [-0.39, 0.29) is 31.0 Å². The highest BCUT2D eigenvalue weighted by Crippen LogP contribution is 2.26. The second-order valence-electron chi connectivity index (χ2n) is 10.3. The Hall–Kier alpha value is -4.89. The molecule has 1 amide bonds. The van der Waals surface area contributed by atoms with Gasteiger partial charge in [0.1, 0.15) is 11.6 Å². The second kappa shape index (κ2) is 13.6. The zero-order valence-corrected chi connectivity index (χ0v) is 24.8. The molecular formula is C35H33F2N3O4. The number of carbonyl (C=O) groups excluding carboxylic acids is 1. The zero-order valence-electron chi connectivity index (χ0n) is 24.8. The molecule has 0 spiro atoms. The fourth-order valence-electron chi connectivity index (χ4n) is 5.17. The molecule has 7 nitrogen and oxygen atoms in total. The lowest BCUT2D eigenvalue weighted by atomic mass is 10.0. The van der Waals surface area contributed by atoms with E-state index in [1.165, 1.54) is 6.07 Å². The molecule has 0 bridgehead atoms. The zero-order chi connectivity index (χ0) is 31.2. The van der Waals surface area contributed by atoms with E-state index < -0.39 is 17.7 Å². The fraction of sp³-hybridized carbons (Fsp3) is 0.229. The van der Waals surface area contributed by atoms with Crippen molar-refractivity contribution in [2.75, 3.05) is 26.9 Å². The van der Waals surface area contributed by atoms with E-state index in [2.05, 4.69) is 0 Å². The monoisotopic (exact) mass is 597 g/mol. The van der Waals surface area contributed by atoms with Crippen LogP contribution in [0.5, 0.6) is 5.75 Å². The van der Waals surface area contributed by atoms with E-state index >= 15 is 0 Å². The van der Waals surface area contributed by atoms with E-state index in [4.69, 9.17) is 14.5 Å². The molecule has 1 aromatic heterocycles. The third kappa shape index (κ3) is 6.53. The summed E-state index contributed by atoms with van der Waals surface area (Å²) in [5.74, 6) is -0.919. The molecule has 226 valence electrons. The van der Waals surface area contributed by atoms with Crippen molar-refractivity contribution in [3.05, 3.63) is 124 Å². The quantitative estimate of drug-likeness (QED) is 0.174. The van der Waals surface area contributed by atoms with Crippen LogP contribution in [0.4, 0.5) is 8.78 Å². The highest BCUT2D eigenvalue weighted by molar-refractivity contribution is 5.80. The molecule has 0 radical (unpaired) electrons. The molecular weight excluding hydrogens is 564 g/mol. The highest BCUT2D eigenvalue weighted by Gasteiger charge is 2.27. The third-order valence-electron chi connectivity index (χ3n) is 7.47. The van der Waals surface area contributed by atoms with Gasteiger partial charge in [0.2, 0.25) is 5.91 Å². The summed E-state index contributed by atoms with van der Waals surface area (Å²) >= 11 is 0. The van der Waals surface area contributed by atoms with Crippen LogP contribution < -0.4 is 10.3 Å². The van der Waals surface area contributed by atoms with Crippen molar-refractivity contribution in [2.24, 2.45) is 0 Å². The van der Waals surface area contributed by atoms with Crippen LogP contribution in [0.15, 0.2) is 95.8 Å². The van der Waals surface area contributed by atoms with Gasteiger partial charge in [-0.2, -0.15) is 0 Å². The number of methoxy groups -OCH3 is 1. The molecule has 0 aliphatic heterocycles. The minimum atomic E-state index is -0.921. The van der Waals surface area contributed by atoms with E-state index in [1.807, 2.05) is 19.9 Å². The van der Waals surface area contributed by atoms with Gasteiger partial charge in [0, 0.05) is 13.7 Å².